The van der Waals surface area contributed by atoms with E-state index in [0.29, 0.717) is 18.3 Å². The molecule has 7 nitrogen and oxygen atoms in total. The van der Waals surface area contributed by atoms with Crippen molar-refractivity contribution >= 4 is 27.4 Å². The summed E-state index contributed by atoms with van der Waals surface area (Å²) in [4.78, 5) is 13.9. The summed E-state index contributed by atoms with van der Waals surface area (Å²) in [5.41, 5.74) is 1.46. The maximum absolute atomic E-state index is 4.88. The molecule has 0 aliphatic heterocycles. The van der Waals surface area contributed by atoms with Crippen molar-refractivity contribution in [2.24, 2.45) is 7.05 Å². The number of aryl methyl sites for hydroxylation is 3. The molecule has 0 unspecified atom stereocenters. The molecule has 2 aliphatic rings. The van der Waals surface area contributed by atoms with E-state index >= 15 is 0 Å². The average Bonchev–Trinajstić information content (AvgIpc) is 3.26. The molecule has 0 atom stereocenters. The van der Waals surface area contributed by atoms with Gasteiger partial charge in [-0.1, -0.05) is 0 Å². The quantitative estimate of drug-likeness (QED) is 0.785. The fourth-order valence-corrected chi connectivity index (χ4v) is 4.65. The Morgan fingerprint density at radius 3 is 2.88 bits per heavy atom. The average molecular weight is 341 g/mol. The Labute approximate surface area is 143 Å². The lowest BCUT2D eigenvalue weighted by Gasteiger charge is -2.12. The Balaban J connectivity index is 1.57. The topological polar surface area (TPSA) is 81.4 Å². The zero-order valence-corrected chi connectivity index (χ0v) is 14.4. The zero-order chi connectivity index (χ0) is 16.1. The Morgan fingerprint density at radius 1 is 1.21 bits per heavy atom. The third-order valence-corrected chi connectivity index (χ3v) is 5.92. The molecule has 0 saturated heterocycles. The molecule has 3 aromatic rings. The molecule has 3 heterocycles. The number of anilines is 1. The molecule has 0 aromatic carbocycles. The van der Waals surface area contributed by atoms with Crippen molar-refractivity contribution in [2.75, 3.05) is 5.32 Å². The molecule has 1 fully saturated rings. The van der Waals surface area contributed by atoms with E-state index in [1.54, 1.807) is 7.05 Å². The first-order valence-electron chi connectivity index (χ1n) is 8.57. The molecule has 0 spiro atoms. The minimum absolute atomic E-state index is 0.536. The summed E-state index contributed by atoms with van der Waals surface area (Å²) in [6, 6.07) is 0. The molecule has 5 rings (SSSR count). The Kier molecular flexibility index (Phi) is 3.26. The van der Waals surface area contributed by atoms with Crippen LogP contribution in [-0.4, -0.2) is 30.2 Å². The predicted octanol–water partition coefficient (Wildman–Crippen LogP) is 2.58. The smallest absolute Gasteiger partial charge is 0.193 e. The molecule has 8 heteroatoms. The summed E-state index contributed by atoms with van der Waals surface area (Å²) in [7, 11) is 1.78. The minimum Gasteiger partial charge on any atom is -0.362 e. The lowest BCUT2D eigenvalue weighted by Crippen LogP contribution is -2.07. The fraction of sp³-hybridized carbons (Fsp3) is 0.562. The number of thiophene rings is 1. The van der Waals surface area contributed by atoms with Crippen molar-refractivity contribution in [3.05, 3.63) is 22.1 Å². The van der Waals surface area contributed by atoms with E-state index in [4.69, 9.17) is 9.97 Å². The normalized spacial score (nSPS) is 17.2. The second kappa shape index (κ2) is 5.47. The number of nitrogens with one attached hydrogen (secondary N) is 1. The van der Waals surface area contributed by atoms with Crippen LogP contribution >= 0.6 is 11.3 Å². The van der Waals surface area contributed by atoms with Gasteiger partial charge in [-0.15, -0.1) is 21.5 Å². The number of tetrazole rings is 1. The molecule has 3 aromatic heterocycles. The van der Waals surface area contributed by atoms with Gasteiger partial charge in [0.05, 0.1) is 19.0 Å². The first-order valence-corrected chi connectivity index (χ1v) is 9.38. The highest BCUT2D eigenvalue weighted by Gasteiger charge is 2.29. The summed E-state index contributed by atoms with van der Waals surface area (Å²) in [5, 5.41) is 16.9. The second-order valence-electron chi connectivity index (χ2n) is 6.64. The van der Waals surface area contributed by atoms with Gasteiger partial charge in [0.25, 0.3) is 0 Å². The van der Waals surface area contributed by atoms with Gasteiger partial charge < -0.3 is 5.32 Å². The minimum atomic E-state index is 0.536. The molecular weight excluding hydrogens is 322 g/mol. The number of hydrogen-bond acceptors (Lipinski definition) is 7. The highest BCUT2D eigenvalue weighted by molar-refractivity contribution is 7.19. The number of rotatable bonds is 4. The van der Waals surface area contributed by atoms with Crippen LogP contribution in [0.3, 0.4) is 0 Å². The molecule has 1 saturated carbocycles. The SMILES string of the molecule is Cn1nnc(CNc2nc(C3CC3)nc3sc4c(c23)CCCC4)n1. The van der Waals surface area contributed by atoms with Gasteiger partial charge in [0, 0.05) is 10.8 Å². The van der Waals surface area contributed by atoms with E-state index in [2.05, 4.69) is 20.7 Å². The van der Waals surface area contributed by atoms with E-state index in [1.807, 2.05) is 11.3 Å². The van der Waals surface area contributed by atoms with Crippen molar-refractivity contribution in [2.45, 2.75) is 51.0 Å². The van der Waals surface area contributed by atoms with Crippen LogP contribution in [0.15, 0.2) is 0 Å². The van der Waals surface area contributed by atoms with Crippen molar-refractivity contribution in [1.82, 2.24) is 30.2 Å². The van der Waals surface area contributed by atoms with Crippen molar-refractivity contribution in [3.63, 3.8) is 0 Å². The first kappa shape index (κ1) is 14.3. The molecular formula is C16H19N7S. The van der Waals surface area contributed by atoms with Gasteiger partial charge in [0.1, 0.15) is 16.5 Å². The van der Waals surface area contributed by atoms with Gasteiger partial charge in [0.15, 0.2) is 5.82 Å². The van der Waals surface area contributed by atoms with Crippen LogP contribution in [0.1, 0.15) is 53.7 Å². The molecule has 124 valence electrons. The van der Waals surface area contributed by atoms with E-state index in [-0.39, 0.29) is 0 Å². The third kappa shape index (κ3) is 2.45. The van der Waals surface area contributed by atoms with E-state index in [0.717, 1.165) is 22.9 Å². The van der Waals surface area contributed by atoms with Gasteiger partial charge >= 0.3 is 0 Å². The summed E-state index contributed by atoms with van der Waals surface area (Å²) in [6.45, 7) is 0.536. The van der Waals surface area contributed by atoms with Crippen LogP contribution in [0.2, 0.25) is 0 Å². The van der Waals surface area contributed by atoms with E-state index in [1.165, 1.54) is 52.7 Å². The fourth-order valence-electron chi connectivity index (χ4n) is 3.38. The zero-order valence-electron chi connectivity index (χ0n) is 13.6. The summed E-state index contributed by atoms with van der Waals surface area (Å²) < 4.78 is 0. The van der Waals surface area contributed by atoms with Crippen LogP contribution in [-0.2, 0) is 26.4 Å². The molecule has 0 bridgehead atoms. The summed E-state index contributed by atoms with van der Waals surface area (Å²) in [6.07, 6.45) is 7.28. The number of nitrogens with zero attached hydrogens (tertiary/aromatic N) is 6. The maximum Gasteiger partial charge on any atom is 0.193 e. The third-order valence-electron chi connectivity index (χ3n) is 4.74. The van der Waals surface area contributed by atoms with Crippen LogP contribution in [0.4, 0.5) is 5.82 Å². The van der Waals surface area contributed by atoms with Crippen molar-refractivity contribution in [1.29, 1.82) is 0 Å². The monoisotopic (exact) mass is 341 g/mol. The standard InChI is InChI=1S/C16H19N7S/c1-23-21-12(20-22-23)8-17-15-13-10-4-2-3-5-11(10)24-16(13)19-14(18-15)9-6-7-9/h9H,2-8H2,1H3,(H,17,18,19). The second-order valence-corrected chi connectivity index (χ2v) is 7.73. The molecule has 24 heavy (non-hydrogen) atoms. The Morgan fingerprint density at radius 2 is 2.08 bits per heavy atom. The van der Waals surface area contributed by atoms with Crippen molar-refractivity contribution in [3.8, 4) is 0 Å². The molecule has 2 aliphatic carbocycles. The van der Waals surface area contributed by atoms with Crippen LogP contribution in [0, 0.1) is 0 Å². The summed E-state index contributed by atoms with van der Waals surface area (Å²) in [5.74, 6) is 3.18. The van der Waals surface area contributed by atoms with Gasteiger partial charge in [-0.25, -0.2) is 9.97 Å². The Bertz CT molecular complexity index is 909. The summed E-state index contributed by atoms with van der Waals surface area (Å²) >= 11 is 1.86. The van der Waals surface area contributed by atoms with Gasteiger partial charge in [-0.3, -0.25) is 0 Å². The molecule has 0 radical (unpaired) electrons. The highest BCUT2D eigenvalue weighted by atomic mass is 32.1. The first-order chi connectivity index (χ1) is 11.8. The van der Waals surface area contributed by atoms with Gasteiger partial charge in [-0.05, 0) is 49.3 Å². The predicted molar refractivity (Wildman–Crippen MR) is 92.2 cm³/mol. The number of hydrogen-bond donors (Lipinski definition) is 1. The molecule has 0 amide bonds. The maximum atomic E-state index is 4.88. The van der Waals surface area contributed by atoms with Crippen molar-refractivity contribution < 1.29 is 0 Å². The molecule has 1 N–H and O–H groups in total. The lowest BCUT2D eigenvalue weighted by molar-refractivity contribution is 0.628. The highest BCUT2D eigenvalue weighted by Crippen LogP contribution is 2.43. The van der Waals surface area contributed by atoms with Crippen LogP contribution in [0.25, 0.3) is 10.2 Å². The van der Waals surface area contributed by atoms with Gasteiger partial charge in [0.2, 0.25) is 0 Å². The van der Waals surface area contributed by atoms with Crippen LogP contribution < -0.4 is 5.32 Å². The largest absolute Gasteiger partial charge is 0.362 e. The lowest BCUT2D eigenvalue weighted by atomic mass is 9.97. The number of aromatic nitrogens is 6. The van der Waals surface area contributed by atoms with Gasteiger partial charge in [-0.2, -0.15) is 4.80 Å². The van der Waals surface area contributed by atoms with E-state index < -0.39 is 0 Å². The number of fused-ring (bicyclic) bond motifs is 3. The van der Waals surface area contributed by atoms with E-state index in [9.17, 15) is 0 Å². The Hall–Kier alpha value is -2.09. The van der Waals surface area contributed by atoms with Crippen LogP contribution in [0.5, 0.6) is 0 Å².